The largest absolute Gasteiger partial charge is 0.350 e. The monoisotopic (exact) mass is 330 g/mol. The van der Waals surface area contributed by atoms with E-state index >= 15 is 0 Å². The van der Waals surface area contributed by atoms with Crippen molar-refractivity contribution >= 4 is 17.4 Å². The van der Waals surface area contributed by atoms with E-state index in [1.165, 1.54) is 22.7 Å². The topological polar surface area (TPSA) is 58.1 Å². The zero-order chi connectivity index (χ0) is 16.2. The van der Waals surface area contributed by atoms with E-state index < -0.39 is 0 Å². The number of nitrogens with zero attached hydrogens (tertiary/aromatic N) is 3. The highest BCUT2D eigenvalue weighted by Gasteiger charge is 2.21. The summed E-state index contributed by atoms with van der Waals surface area (Å²) in [5, 5.41) is 7.03. The number of hydrogen-bond acceptors (Lipinski definition) is 5. The first-order valence-corrected chi connectivity index (χ1v) is 8.86. The molecule has 3 rings (SSSR count). The molecule has 1 amide bonds. The first-order valence-electron chi connectivity index (χ1n) is 8.09. The molecule has 2 heterocycles. The summed E-state index contributed by atoms with van der Waals surface area (Å²) in [7, 11) is 0. The fourth-order valence-corrected chi connectivity index (χ4v) is 3.62. The van der Waals surface area contributed by atoms with E-state index in [1.807, 2.05) is 6.92 Å². The van der Waals surface area contributed by atoms with E-state index in [0.717, 1.165) is 31.6 Å². The van der Waals surface area contributed by atoms with Crippen LogP contribution in [0.4, 0.5) is 0 Å². The number of hydrogen-bond donors (Lipinski definition) is 1. The Labute approximate surface area is 140 Å². The van der Waals surface area contributed by atoms with Crippen molar-refractivity contribution in [3.05, 3.63) is 46.0 Å². The zero-order valence-corrected chi connectivity index (χ0v) is 14.4. The Bertz CT molecular complexity index is 685. The molecule has 1 aliphatic rings. The Balaban J connectivity index is 1.56. The minimum Gasteiger partial charge on any atom is -0.350 e. The maximum Gasteiger partial charge on any atom is 0.265 e. The van der Waals surface area contributed by atoms with Crippen LogP contribution in [0.15, 0.2) is 24.3 Å². The van der Waals surface area contributed by atoms with Gasteiger partial charge in [0.15, 0.2) is 0 Å². The minimum absolute atomic E-state index is 0.0545. The second kappa shape index (κ2) is 7.19. The molecule has 0 fully saturated rings. The Kier molecular flexibility index (Phi) is 5.03. The molecule has 2 aromatic rings. The second-order valence-electron chi connectivity index (χ2n) is 5.95. The number of carbonyl (C=O) groups is 1. The van der Waals surface area contributed by atoms with Crippen molar-refractivity contribution in [1.82, 2.24) is 19.8 Å². The molecule has 0 unspecified atom stereocenters. The van der Waals surface area contributed by atoms with Crippen LogP contribution in [0.2, 0.25) is 0 Å². The molecule has 1 N–H and O–H groups in total. The SMILES string of the molecule is CCc1nnsc1C(=O)NC[C@@H](C)N1CCc2ccccc2C1. The summed E-state index contributed by atoms with van der Waals surface area (Å²) in [6.45, 7) is 6.79. The molecule has 0 saturated carbocycles. The Morgan fingerprint density at radius 1 is 1.39 bits per heavy atom. The number of carbonyl (C=O) groups excluding carboxylic acids is 1. The molecule has 1 aliphatic heterocycles. The molecule has 1 aromatic carbocycles. The molecule has 0 saturated heterocycles. The van der Waals surface area contributed by atoms with E-state index in [1.54, 1.807) is 0 Å². The van der Waals surface area contributed by atoms with Crippen LogP contribution >= 0.6 is 11.5 Å². The van der Waals surface area contributed by atoms with Crippen molar-refractivity contribution in [2.45, 2.75) is 39.3 Å². The van der Waals surface area contributed by atoms with Crippen LogP contribution < -0.4 is 5.32 Å². The van der Waals surface area contributed by atoms with E-state index in [-0.39, 0.29) is 5.91 Å². The highest BCUT2D eigenvalue weighted by Crippen LogP contribution is 2.20. The Hall–Kier alpha value is -1.79. The Morgan fingerprint density at radius 2 is 2.17 bits per heavy atom. The van der Waals surface area contributed by atoms with Crippen LogP contribution in [0.1, 0.15) is 40.3 Å². The number of aryl methyl sites for hydroxylation is 1. The lowest BCUT2D eigenvalue weighted by Gasteiger charge is -2.33. The van der Waals surface area contributed by atoms with Gasteiger partial charge in [-0.15, -0.1) is 5.10 Å². The summed E-state index contributed by atoms with van der Waals surface area (Å²) >= 11 is 1.17. The van der Waals surface area contributed by atoms with Gasteiger partial charge in [-0.3, -0.25) is 9.69 Å². The maximum absolute atomic E-state index is 12.3. The molecule has 1 atom stereocenters. The number of nitrogens with one attached hydrogen (secondary N) is 1. The highest BCUT2D eigenvalue weighted by atomic mass is 32.1. The second-order valence-corrected chi connectivity index (χ2v) is 6.70. The minimum atomic E-state index is -0.0545. The fourth-order valence-electron chi connectivity index (χ4n) is 2.96. The number of benzene rings is 1. The predicted molar refractivity (Wildman–Crippen MR) is 91.6 cm³/mol. The van der Waals surface area contributed by atoms with Gasteiger partial charge in [0.1, 0.15) is 4.88 Å². The normalized spacial score (nSPS) is 15.9. The zero-order valence-electron chi connectivity index (χ0n) is 13.6. The van der Waals surface area contributed by atoms with Gasteiger partial charge in [-0.2, -0.15) is 0 Å². The van der Waals surface area contributed by atoms with Crippen LogP contribution in [-0.2, 0) is 19.4 Å². The summed E-state index contributed by atoms with van der Waals surface area (Å²) in [5.74, 6) is -0.0545. The summed E-state index contributed by atoms with van der Waals surface area (Å²) in [6.07, 6.45) is 1.81. The smallest absolute Gasteiger partial charge is 0.265 e. The molecule has 0 bridgehead atoms. The van der Waals surface area contributed by atoms with E-state index in [2.05, 4.69) is 51.0 Å². The molecule has 6 heteroatoms. The number of fused-ring (bicyclic) bond motifs is 1. The lowest BCUT2D eigenvalue weighted by Crippen LogP contribution is -2.44. The van der Waals surface area contributed by atoms with E-state index in [4.69, 9.17) is 0 Å². The average molecular weight is 330 g/mol. The third-order valence-corrected chi connectivity index (χ3v) is 5.21. The molecular weight excluding hydrogens is 308 g/mol. The van der Waals surface area contributed by atoms with Gasteiger partial charge >= 0.3 is 0 Å². The molecule has 23 heavy (non-hydrogen) atoms. The van der Waals surface area contributed by atoms with Crippen LogP contribution in [0.5, 0.6) is 0 Å². The van der Waals surface area contributed by atoms with Gasteiger partial charge in [0, 0.05) is 25.7 Å². The fraction of sp³-hybridized carbons (Fsp3) is 0.471. The van der Waals surface area contributed by atoms with Crippen LogP contribution in [0.25, 0.3) is 0 Å². The summed E-state index contributed by atoms with van der Waals surface area (Å²) in [6, 6.07) is 8.91. The summed E-state index contributed by atoms with van der Waals surface area (Å²) in [4.78, 5) is 15.3. The first kappa shape index (κ1) is 16.1. The summed E-state index contributed by atoms with van der Waals surface area (Å²) < 4.78 is 3.88. The predicted octanol–water partition coefficient (Wildman–Crippen LogP) is 2.28. The highest BCUT2D eigenvalue weighted by molar-refractivity contribution is 7.08. The van der Waals surface area contributed by atoms with Crippen molar-refractivity contribution in [2.24, 2.45) is 0 Å². The molecule has 5 nitrogen and oxygen atoms in total. The third-order valence-electron chi connectivity index (χ3n) is 4.44. The van der Waals surface area contributed by atoms with Crippen LogP contribution in [0.3, 0.4) is 0 Å². The van der Waals surface area contributed by atoms with Crippen LogP contribution in [0, 0.1) is 0 Å². The van der Waals surface area contributed by atoms with Crippen molar-refractivity contribution in [1.29, 1.82) is 0 Å². The van der Waals surface area contributed by atoms with E-state index in [9.17, 15) is 4.79 Å². The first-order chi connectivity index (χ1) is 11.2. The average Bonchev–Trinajstić information content (AvgIpc) is 3.07. The summed E-state index contributed by atoms with van der Waals surface area (Å²) in [5.41, 5.74) is 3.63. The molecule has 0 spiro atoms. The van der Waals surface area contributed by atoms with E-state index in [0.29, 0.717) is 17.5 Å². The van der Waals surface area contributed by atoms with Crippen molar-refractivity contribution in [3.8, 4) is 0 Å². The van der Waals surface area contributed by atoms with Gasteiger partial charge in [0.2, 0.25) is 0 Å². The van der Waals surface area contributed by atoms with Gasteiger partial charge in [-0.25, -0.2) is 0 Å². The number of aromatic nitrogens is 2. The molecule has 1 aromatic heterocycles. The Morgan fingerprint density at radius 3 is 2.96 bits per heavy atom. The van der Waals surface area contributed by atoms with Gasteiger partial charge < -0.3 is 5.32 Å². The van der Waals surface area contributed by atoms with Crippen molar-refractivity contribution < 1.29 is 4.79 Å². The molecule has 122 valence electrons. The lowest BCUT2D eigenvalue weighted by molar-refractivity contribution is 0.0935. The van der Waals surface area contributed by atoms with Gasteiger partial charge in [-0.05, 0) is 42.4 Å². The van der Waals surface area contributed by atoms with Crippen molar-refractivity contribution in [3.63, 3.8) is 0 Å². The molecule has 0 radical (unpaired) electrons. The maximum atomic E-state index is 12.3. The third kappa shape index (κ3) is 3.59. The lowest BCUT2D eigenvalue weighted by atomic mass is 9.99. The van der Waals surface area contributed by atoms with Crippen molar-refractivity contribution in [2.75, 3.05) is 13.1 Å². The van der Waals surface area contributed by atoms with Gasteiger partial charge in [-0.1, -0.05) is 35.7 Å². The van der Waals surface area contributed by atoms with Crippen LogP contribution in [-0.4, -0.2) is 39.5 Å². The molecular formula is C17H22N4OS. The van der Waals surface area contributed by atoms with Gasteiger partial charge in [0.25, 0.3) is 5.91 Å². The number of rotatable bonds is 5. The quantitative estimate of drug-likeness (QED) is 0.914. The van der Waals surface area contributed by atoms with Gasteiger partial charge in [0.05, 0.1) is 5.69 Å². The molecule has 0 aliphatic carbocycles. The standard InChI is InChI=1S/C17H22N4OS/c1-3-15-16(23-20-19-15)17(22)18-10-12(2)21-9-8-13-6-4-5-7-14(13)11-21/h4-7,12H,3,8-11H2,1-2H3,(H,18,22)/t12-/m1/s1. The number of amides is 1.